The van der Waals surface area contributed by atoms with E-state index in [9.17, 15) is 4.79 Å². The minimum Gasteiger partial charge on any atom is -0.336 e. The number of aromatic nitrogens is 3. The van der Waals surface area contributed by atoms with Crippen molar-refractivity contribution in [3.8, 4) is 11.3 Å². The van der Waals surface area contributed by atoms with Crippen LogP contribution in [0.3, 0.4) is 0 Å². The van der Waals surface area contributed by atoms with Gasteiger partial charge in [-0.3, -0.25) is 10.1 Å². The number of anilines is 1. The molecule has 1 N–H and O–H groups in total. The average molecular weight is 392 g/mol. The second-order valence-corrected chi connectivity index (χ2v) is 7.87. The minimum absolute atomic E-state index is 0.256. The van der Waals surface area contributed by atoms with Gasteiger partial charge in [0.15, 0.2) is 5.13 Å². The molecule has 0 saturated carbocycles. The summed E-state index contributed by atoms with van der Waals surface area (Å²) >= 11 is 1.46. The molecule has 0 aliphatic heterocycles. The molecular formula is C21H20N4O2S. The number of fused-ring (bicyclic) bond motifs is 1. The number of hydrogen-bond donors (Lipinski definition) is 1. The van der Waals surface area contributed by atoms with E-state index in [1.165, 1.54) is 23.1 Å². The van der Waals surface area contributed by atoms with E-state index in [1.54, 1.807) is 6.07 Å². The Morgan fingerprint density at radius 1 is 1.21 bits per heavy atom. The molecule has 0 fully saturated rings. The van der Waals surface area contributed by atoms with Crippen molar-refractivity contribution in [3.63, 3.8) is 0 Å². The molecule has 0 bridgehead atoms. The first-order chi connectivity index (χ1) is 13.5. The summed E-state index contributed by atoms with van der Waals surface area (Å²) < 4.78 is 5.09. The van der Waals surface area contributed by atoms with Gasteiger partial charge in [0.2, 0.25) is 0 Å². The maximum atomic E-state index is 12.6. The number of benzene rings is 1. The van der Waals surface area contributed by atoms with Gasteiger partial charge >= 0.3 is 0 Å². The van der Waals surface area contributed by atoms with Crippen molar-refractivity contribution in [3.05, 3.63) is 58.2 Å². The van der Waals surface area contributed by atoms with E-state index in [2.05, 4.69) is 51.6 Å². The van der Waals surface area contributed by atoms with Gasteiger partial charge < -0.3 is 4.52 Å². The number of thiazole rings is 1. The largest absolute Gasteiger partial charge is 0.336 e. The molecule has 1 aromatic carbocycles. The van der Waals surface area contributed by atoms with Crippen LogP contribution in [0, 0.1) is 13.8 Å². The molecule has 0 unspecified atom stereocenters. The Hall–Kier alpha value is -3.06. The van der Waals surface area contributed by atoms with Crippen LogP contribution in [0.25, 0.3) is 22.4 Å². The molecule has 7 heteroatoms. The van der Waals surface area contributed by atoms with Crippen LogP contribution in [-0.4, -0.2) is 21.0 Å². The Kier molecular flexibility index (Phi) is 4.92. The lowest BCUT2D eigenvalue weighted by Gasteiger charge is -2.02. The summed E-state index contributed by atoms with van der Waals surface area (Å²) in [5.74, 6) is -0.256. The number of carbonyl (C=O) groups is 1. The highest BCUT2D eigenvalue weighted by atomic mass is 32.1. The Balaban J connectivity index is 1.55. The maximum absolute atomic E-state index is 12.6. The molecule has 0 atom stereocenters. The smallest absolute Gasteiger partial charge is 0.259 e. The fraction of sp³-hybridized carbons (Fsp3) is 0.238. The first-order valence-electron chi connectivity index (χ1n) is 9.15. The normalized spacial score (nSPS) is 11.1. The molecule has 3 aromatic heterocycles. The lowest BCUT2D eigenvalue weighted by atomic mass is 10.1. The van der Waals surface area contributed by atoms with E-state index in [0.717, 1.165) is 34.4 Å². The van der Waals surface area contributed by atoms with Gasteiger partial charge in [-0.2, -0.15) is 0 Å². The summed E-state index contributed by atoms with van der Waals surface area (Å²) in [4.78, 5) is 22.5. The van der Waals surface area contributed by atoms with Gasteiger partial charge in [-0.15, -0.1) is 11.3 Å². The molecule has 0 spiro atoms. The second kappa shape index (κ2) is 7.52. The van der Waals surface area contributed by atoms with Gasteiger partial charge in [0.25, 0.3) is 11.6 Å². The molecule has 0 saturated heterocycles. The number of hydrogen-bond acceptors (Lipinski definition) is 6. The summed E-state index contributed by atoms with van der Waals surface area (Å²) in [7, 11) is 0. The first-order valence-corrected chi connectivity index (χ1v) is 9.97. The first kappa shape index (κ1) is 18.3. The second-order valence-electron chi connectivity index (χ2n) is 6.67. The third kappa shape index (κ3) is 3.53. The zero-order valence-electron chi connectivity index (χ0n) is 15.9. The fourth-order valence-corrected chi connectivity index (χ4v) is 3.91. The van der Waals surface area contributed by atoms with Gasteiger partial charge in [-0.05, 0) is 31.9 Å². The number of carbonyl (C=O) groups excluding carboxylic acids is 1. The van der Waals surface area contributed by atoms with Crippen molar-refractivity contribution in [1.29, 1.82) is 0 Å². The molecule has 0 radical (unpaired) electrons. The predicted octanol–water partition coefficient (Wildman–Crippen LogP) is 5.17. The van der Waals surface area contributed by atoms with Crippen molar-refractivity contribution in [2.75, 3.05) is 5.32 Å². The lowest BCUT2D eigenvalue weighted by molar-refractivity contribution is 0.102. The van der Waals surface area contributed by atoms with E-state index in [-0.39, 0.29) is 5.91 Å². The average Bonchev–Trinajstić information content (AvgIpc) is 3.25. The van der Waals surface area contributed by atoms with Gasteiger partial charge in [0.1, 0.15) is 0 Å². The molecule has 142 valence electrons. The van der Waals surface area contributed by atoms with Crippen LogP contribution in [0.2, 0.25) is 0 Å². The van der Waals surface area contributed by atoms with Gasteiger partial charge in [0.05, 0.1) is 22.3 Å². The number of nitrogens with zero attached hydrogens (tertiary/aromatic N) is 3. The van der Waals surface area contributed by atoms with Crippen LogP contribution in [0.1, 0.15) is 39.8 Å². The zero-order valence-corrected chi connectivity index (χ0v) is 16.8. The van der Waals surface area contributed by atoms with Gasteiger partial charge in [-0.25, -0.2) is 9.97 Å². The summed E-state index contributed by atoms with van der Waals surface area (Å²) in [5.41, 5.74) is 4.84. The maximum Gasteiger partial charge on any atom is 0.259 e. The van der Waals surface area contributed by atoms with E-state index in [1.807, 2.05) is 13.8 Å². The van der Waals surface area contributed by atoms with Gasteiger partial charge in [0, 0.05) is 16.6 Å². The topological polar surface area (TPSA) is 80.9 Å². The number of rotatable bonds is 5. The van der Waals surface area contributed by atoms with Crippen LogP contribution >= 0.6 is 11.3 Å². The molecule has 6 nitrogen and oxygen atoms in total. The lowest BCUT2D eigenvalue weighted by Crippen LogP contribution is -2.12. The van der Waals surface area contributed by atoms with Crippen molar-refractivity contribution < 1.29 is 9.32 Å². The zero-order chi connectivity index (χ0) is 19.7. The molecule has 0 aliphatic rings. The van der Waals surface area contributed by atoms with E-state index < -0.39 is 0 Å². The summed E-state index contributed by atoms with van der Waals surface area (Å²) in [6.45, 7) is 6.00. The monoisotopic (exact) mass is 392 g/mol. The van der Waals surface area contributed by atoms with Crippen molar-refractivity contribution in [1.82, 2.24) is 15.1 Å². The number of pyridine rings is 1. The highest BCUT2D eigenvalue weighted by Crippen LogP contribution is 2.31. The summed E-state index contributed by atoms with van der Waals surface area (Å²) in [6, 6.07) is 10.2. The molecule has 4 rings (SSSR count). The number of aryl methyl sites for hydroxylation is 3. The van der Waals surface area contributed by atoms with Crippen LogP contribution in [0.15, 0.2) is 41.1 Å². The van der Waals surface area contributed by atoms with Crippen molar-refractivity contribution >= 4 is 33.5 Å². The third-order valence-electron chi connectivity index (χ3n) is 4.56. The van der Waals surface area contributed by atoms with Crippen molar-refractivity contribution in [2.45, 2.75) is 33.6 Å². The van der Waals surface area contributed by atoms with E-state index in [0.29, 0.717) is 22.1 Å². The standard InChI is InChI=1S/C21H20N4O2S/c1-4-5-14-6-8-15(9-7-14)18-13(3)28-21(23-18)24-19(26)16-10-17-12(2)25-27-20(17)22-11-16/h6-11H,4-5H2,1-3H3,(H,23,24,26). The molecule has 4 aromatic rings. The van der Waals surface area contributed by atoms with E-state index in [4.69, 9.17) is 4.52 Å². The Morgan fingerprint density at radius 3 is 2.75 bits per heavy atom. The quantitative estimate of drug-likeness (QED) is 0.507. The van der Waals surface area contributed by atoms with Crippen LogP contribution < -0.4 is 5.32 Å². The van der Waals surface area contributed by atoms with Gasteiger partial charge in [-0.1, -0.05) is 42.8 Å². The highest BCUT2D eigenvalue weighted by Gasteiger charge is 2.15. The molecule has 3 heterocycles. The van der Waals surface area contributed by atoms with Crippen molar-refractivity contribution in [2.24, 2.45) is 0 Å². The summed E-state index contributed by atoms with van der Waals surface area (Å²) in [6.07, 6.45) is 3.68. The molecule has 28 heavy (non-hydrogen) atoms. The fourth-order valence-electron chi connectivity index (χ4n) is 3.07. The highest BCUT2D eigenvalue weighted by molar-refractivity contribution is 7.16. The molecular weight excluding hydrogens is 372 g/mol. The predicted molar refractivity (Wildman–Crippen MR) is 111 cm³/mol. The van der Waals surface area contributed by atoms with Crippen LogP contribution in [0.4, 0.5) is 5.13 Å². The van der Waals surface area contributed by atoms with Crippen LogP contribution in [0.5, 0.6) is 0 Å². The Bertz CT molecular complexity index is 1150. The van der Waals surface area contributed by atoms with Crippen LogP contribution in [-0.2, 0) is 6.42 Å². The van der Waals surface area contributed by atoms with E-state index >= 15 is 0 Å². The molecule has 1 amide bonds. The SMILES string of the molecule is CCCc1ccc(-c2nc(NC(=O)c3cnc4onc(C)c4c3)sc2C)cc1. The number of amides is 1. The minimum atomic E-state index is -0.256. The molecule has 0 aliphatic carbocycles. The Labute approximate surface area is 166 Å². The number of nitrogens with one attached hydrogen (secondary N) is 1. The third-order valence-corrected chi connectivity index (χ3v) is 5.44. The Morgan fingerprint density at radius 2 is 2.00 bits per heavy atom. The summed E-state index contributed by atoms with van der Waals surface area (Å²) in [5, 5.41) is 8.04.